The first kappa shape index (κ1) is 8.96. The van der Waals surface area contributed by atoms with Crippen LogP contribution in [0.1, 0.15) is 10.4 Å². The number of aromatic nitrogens is 3. The predicted molar refractivity (Wildman–Crippen MR) is 49.3 cm³/mol. The molecule has 0 aliphatic carbocycles. The molecule has 6 heteroatoms. The lowest BCUT2D eigenvalue weighted by Crippen LogP contribution is -2.01. The van der Waals surface area contributed by atoms with Gasteiger partial charge in [0.15, 0.2) is 5.15 Å². The maximum Gasteiger partial charge on any atom is 0.341 e. The Labute approximate surface area is 84.3 Å². The molecule has 2 heterocycles. The van der Waals surface area contributed by atoms with E-state index >= 15 is 0 Å². The molecule has 0 N–H and O–H groups in total. The van der Waals surface area contributed by atoms with Crippen LogP contribution in [0, 0.1) is 0 Å². The minimum atomic E-state index is -0.477. The van der Waals surface area contributed by atoms with Crippen molar-refractivity contribution in [3.05, 3.63) is 29.3 Å². The van der Waals surface area contributed by atoms with Crippen LogP contribution in [-0.2, 0) is 4.74 Å². The zero-order valence-corrected chi connectivity index (χ0v) is 8.02. The average Bonchev–Trinajstić information content (AvgIpc) is 2.62. The van der Waals surface area contributed by atoms with E-state index in [4.69, 9.17) is 11.6 Å². The van der Waals surface area contributed by atoms with Crippen LogP contribution in [0.2, 0.25) is 5.15 Å². The molecule has 0 unspecified atom stereocenters. The molecule has 0 amide bonds. The maximum atomic E-state index is 11.3. The number of hydrogen-bond acceptors (Lipinski definition) is 4. The molecule has 0 radical (unpaired) electrons. The summed E-state index contributed by atoms with van der Waals surface area (Å²) in [7, 11) is 1.30. The van der Waals surface area contributed by atoms with Crippen molar-refractivity contribution in [2.75, 3.05) is 7.11 Å². The molecule has 0 bridgehead atoms. The third kappa shape index (κ3) is 1.22. The smallest absolute Gasteiger partial charge is 0.341 e. The van der Waals surface area contributed by atoms with Crippen LogP contribution in [-0.4, -0.2) is 27.7 Å². The Morgan fingerprint density at radius 2 is 2.43 bits per heavy atom. The van der Waals surface area contributed by atoms with Crippen molar-refractivity contribution in [1.29, 1.82) is 0 Å². The molecule has 2 rings (SSSR count). The van der Waals surface area contributed by atoms with Gasteiger partial charge in [-0.25, -0.2) is 14.3 Å². The maximum absolute atomic E-state index is 11.3. The Balaban J connectivity index is 2.73. The highest BCUT2D eigenvalue weighted by Crippen LogP contribution is 2.18. The van der Waals surface area contributed by atoms with E-state index in [2.05, 4.69) is 14.8 Å². The van der Waals surface area contributed by atoms with Crippen LogP contribution in [0.15, 0.2) is 18.6 Å². The summed E-state index contributed by atoms with van der Waals surface area (Å²) < 4.78 is 6.05. The largest absolute Gasteiger partial charge is 0.465 e. The van der Waals surface area contributed by atoms with Gasteiger partial charge in [-0.05, 0) is 0 Å². The van der Waals surface area contributed by atoms with Gasteiger partial charge in [0.2, 0.25) is 0 Å². The number of carbonyl (C=O) groups is 1. The van der Waals surface area contributed by atoms with Gasteiger partial charge in [-0.15, -0.1) is 0 Å². The molecule has 0 spiro atoms. The van der Waals surface area contributed by atoms with Gasteiger partial charge in [0.25, 0.3) is 0 Å². The summed E-state index contributed by atoms with van der Waals surface area (Å²) in [6.45, 7) is 0. The lowest BCUT2D eigenvalue weighted by Gasteiger charge is -1.97. The van der Waals surface area contributed by atoms with Crippen LogP contribution in [0.4, 0.5) is 0 Å². The van der Waals surface area contributed by atoms with Gasteiger partial charge >= 0.3 is 5.97 Å². The van der Waals surface area contributed by atoms with Crippen molar-refractivity contribution >= 4 is 23.1 Å². The number of methoxy groups -OCH3 is 1. The van der Waals surface area contributed by atoms with Crippen LogP contribution in [0.5, 0.6) is 0 Å². The van der Waals surface area contributed by atoms with Gasteiger partial charge in [0, 0.05) is 12.4 Å². The van der Waals surface area contributed by atoms with E-state index in [9.17, 15) is 4.79 Å². The summed E-state index contributed by atoms with van der Waals surface area (Å²) in [6.07, 6.45) is 4.51. The first-order valence-corrected chi connectivity index (χ1v) is 4.18. The summed E-state index contributed by atoms with van der Waals surface area (Å²) in [5.74, 6) is -0.477. The molecule has 0 fully saturated rings. The highest BCUT2D eigenvalue weighted by Gasteiger charge is 2.15. The number of nitrogens with zero attached hydrogens (tertiary/aromatic N) is 3. The van der Waals surface area contributed by atoms with Crippen molar-refractivity contribution in [3.63, 3.8) is 0 Å². The van der Waals surface area contributed by atoms with Crippen molar-refractivity contribution in [3.8, 4) is 0 Å². The predicted octanol–water partition coefficient (Wildman–Crippen LogP) is 1.17. The standard InChI is InChI=1S/C8H6ClN3O2/c1-14-8(13)5-4-11-12-3-2-10-7(9)6(5)12/h2-4H,1H3. The first-order chi connectivity index (χ1) is 6.74. The number of rotatable bonds is 1. The third-order valence-electron chi connectivity index (χ3n) is 1.79. The van der Waals surface area contributed by atoms with Gasteiger partial charge < -0.3 is 4.74 Å². The number of ether oxygens (including phenoxy) is 1. The van der Waals surface area contributed by atoms with E-state index in [1.807, 2.05) is 0 Å². The Kier molecular flexibility index (Phi) is 2.09. The van der Waals surface area contributed by atoms with E-state index in [0.717, 1.165) is 0 Å². The van der Waals surface area contributed by atoms with E-state index < -0.39 is 5.97 Å². The molecule has 5 nitrogen and oxygen atoms in total. The Morgan fingerprint density at radius 1 is 1.64 bits per heavy atom. The Bertz CT molecular complexity index is 494. The number of hydrogen-bond donors (Lipinski definition) is 0. The zero-order valence-electron chi connectivity index (χ0n) is 7.27. The molecular formula is C8H6ClN3O2. The summed E-state index contributed by atoms with van der Waals surface area (Å²) in [5.41, 5.74) is 0.770. The Morgan fingerprint density at radius 3 is 3.14 bits per heavy atom. The second-order valence-corrected chi connectivity index (χ2v) is 2.92. The topological polar surface area (TPSA) is 56.5 Å². The molecule has 0 saturated carbocycles. The minimum Gasteiger partial charge on any atom is -0.465 e. The average molecular weight is 212 g/mol. The van der Waals surface area contributed by atoms with Crippen molar-refractivity contribution in [2.24, 2.45) is 0 Å². The first-order valence-electron chi connectivity index (χ1n) is 3.80. The van der Waals surface area contributed by atoms with Crippen LogP contribution >= 0.6 is 11.6 Å². The van der Waals surface area contributed by atoms with Crippen molar-refractivity contribution in [1.82, 2.24) is 14.6 Å². The van der Waals surface area contributed by atoms with Gasteiger partial charge in [-0.1, -0.05) is 11.6 Å². The molecule has 0 atom stereocenters. The third-order valence-corrected chi connectivity index (χ3v) is 2.07. The fraction of sp³-hybridized carbons (Fsp3) is 0.125. The molecule has 0 aliphatic rings. The number of esters is 1. The molecular weight excluding hydrogens is 206 g/mol. The summed E-state index contributed by atoms with van der Waals surface area (Å²) >= 11 is 5.82. The van der Waals surface area contributed by atoms with Crippen molar-refractivity contribution in [2.45, 2.75) is 0 Å². The minimum absolute atomic E-state index is 0.227. The SMILES string of the molecule is COC(=O)c1cnn2ccnc(Cl)c12. The van der Waals surface area contributed by atoms with Crippen LogP contribution in [0.25, 0.3) is 5.52 Å². The number of fused-ring (bicyclic) bond motifs is 1. The fourth-order valence-electron chi connectivity index (χ4n) is 1.16. The molecule has 2 aromatic rings. The Hall–Kier alpha value is -1.62. The lowest BCUT2D eigenvalue weighted by atomic mass is 10.3. The number of halogens is 1. The highest BCUT2D eigenvalue weighted by molar-refractivity contribution is 6.33. The summed E-state index contributed by atoms with van der Waals surface area (Å²) in [5, 5.41) is 4.17. The summed E-state index contributed by atoms with van der Waals surface area (Å²) in [6, 6.07) is 0. The van der Waals surface area contributed by atoms with Gasteiger partial charge in [0.1, 0.15) is 11.1 Å². The van der Waals surface area contributed by atoms with Gasteiger partial charge in [0.05, 0.1) is 13.3 Å². The molecule has 0 aromatic carbocycles. The molecule has 2 aromatic heterocycles. The van der Waals surface area contributed by atoms with Gasteiger partial charge in [-0.2, -0.15) is 5.10 Å². The second-order valence-electron chi connectivity index (χ2n) is 2.56. The van der Waals surface area contributed by atoms with E-state index in [1.165, 1.54) is 24.0 Å². The van der Waals surface area contributed by atoms with E-state index in [-0.39, 0.29) is 5.15 Å². The van der Waals surface area contributed by atoms with Crippen molar-refractivity contribution < 1.29 is 9.53 Å². The lowest BCUT2D eigenvalue weighted by molar-refractivity contribution is 0.0603. The zero-order chi connectivity index (χ0) is 10.1. The molecule has 14 heavy (non-hydrogen) atoms. The summed E-state index contributed by atoms with van der Waals surface area (Å²) in [4.78, 5) is 15.1. The van der Waals surface area contributed by atoms with E-state index in [0.29, 0.717) is 11.1 Å². The second kappa shape index (κ2) is 3.26. The number of carbonyl (C=O) groups excluding carboxylic acids is 1. The van der Waals surface area contributed by atoms with E-state index in [1.54, 1.807) is 6.20 Å². The molecule has 72 valence electrons. The van der Waals surface area contributed by atoms with Crippen LogP contribution in [0.3, 0.4) is 0 Å². The quantitative estimate of drug-likeness (QED) is 0.665. The molecule has 0 aliphatic heterocycles. The van der Waals surface area contributed by atoms with Crippen LogP contribution < -0.4 is 0 Å². The highest BCUT2D eigenvalue weighted by atomic mass is 35.5. The fourth-order valence-corrected chi connectivity index (χ4v) is 1.41. The molecule has 0 saturated heterocycles. The monoisotopic (exact) mass is 211 g/mol. The van der Waals surface area contributed by atoms with Gasteiger partial charge in [-0.3, -0.25) is 0 Å². The normalized spacial score (nSPS) is 10.4.